The lowest BCUT2D eigenvalue weighted by molar-refractivity contribution is 0.0563. The van der Waals surface area contributed by atoms with Crippen molar-refractivity contribution in [3.05, 3.63) is 70.5 Å². The highest BCUT2D eigenvalue weighted by Crippen LogP contribution is 2.35. The number of carbonyl (C=O) groups is 1. The molecule has 1 aromatic carbocycles. The molecule has 194 valence electrons. The molecule has 1 fully saturated rings. The Bertz CT molecular complexity index is 1120. The number of nitrogens with one attached hydrogen (secondary N) is 1. The van der Waals surface area contributed by atoms with Gasteiger partial charge in [0.15, 0.2) is 0 Å². The van der Waals surface area contributed by atoms with E-state index in [1.165, 1.54) is 5.56 Å². The first-order valence-electron chi connectivity index (χ1n) is 12.4. The Morgan fingerprint density at radius 2 is 2.03 bits per heavy atom. The maximum absolute atomic E-state index is 13.2. The minimum Gasteiger partial charge on any atom is -0.481 e. The van der Waals surface area contributed by atoms with Crippen molar-refractivity contribution >= 4 is 45.8 Å². The number of benzene rings is 1. The van der Waals surface area contributed by atoms with E-state index in [1.54, 1.807) is 25.3 Å². The Labute approximate surface area is 233 Å². The monoisotopic (exact) mass is 622 g/mol. The van der Waals surface area contributed by atoms with E-state index in [4.69, 9.17) is 16.3 Å². The number of pyridine rings is 1. The molecule has 0 bridgehead atoms. The van der Waals surface area contributed by atoms with Gasteiger partial charge in [0, 0.05) is 30.1 Å². The number of carbonyl (C=O) groups excluding carboxylic acids is 1. The molecule has 2 heterocycles. The second-order valence-corrected chi connectivity index (χ2v) is 12.2. The van der Waals surface area contributed by atoms with Gasteiger partial charge in [0.1, 0.15) is 9.24 Å². The number of amides is 1. The molecule has 1 saturated heterocycles. The van der Waals surface area contributed by atoms with Gasteiger partial charge in [-0.05, 0) is 49.9 Å². The standard InChI is InChI=1S/C28H36ClIN4O2/c1-6-21(16-20-10-8-11-22(29)17-20)19(3)26(31)24(7-2)34-15-14-33(18-28(34,4)30)27(35)23-12-9-13-25(32-23)36-5/h7-13,17,19,21,31H,6,14-16,18H2,1-5H3. The molecule has 6 nitrogen and oxygen atoms in total. The number of nitrogens with zero attached hydrogens (tertiary/aromatic N) is 3. The second-order valence-electron chi connectivity index (χ2n) is 9.46. The molecule has 0 saturated carbocycles. The van der Waals surface area contributed by atoms with Crippen LogP contribution in [0.15, 0.2) is 54.2 Å². The minimum atomic E-state index is -0.368. The summed E-state index contributed by atoms with van der Waals surface area (Å²) in [5.74, 6) is 0.731. The van der Waals surface area contributed by atoms with E-state index in [0.29, 0.717) is 42.8 Å². The zero-order valence-electron chi connectivity index (χ0n) is 21.7. The molecule has 0 aliphatic carbocycles. The molecule has 8 heteroatoms. The van der Waals surface area contributed by atoms with E-state index >= 15 is 0 Å². The summed E-state index contributed by atoms with van der Waals surface area (Å²) in [4.78, 5) is 21.6. The van der Waals surface area contributed by atoms with Crippen LogP contribution in [0.2, 0.25) is 5.02 Å². The topological polar surface area (TPSA) is 69.5 Å². The lowest BCUT2D eigenvalue weighted by atomic mass is 9.81. The number of ether oxygens (including phenoxy) is 1. The average Bonchev–Trinajstić information content (AvgIpc) is 2.87. The molecule has 36 heavy (non-hydrogen) atoms. The Morgan fingerprint density at radius 3 is 2.64 bits per heavy atom. The average molecular weight is 623 g/mol. The van der Waals surface area contributed by atoms with E-state index in [0.717, 1.165) is 23.6 Å². The third kappa shape index (κ3) is 6.59. The third-order valence-electron chi connectivity index (χ3n) is 6.99. The third-order valence-corrected chi connectivity index (χ3v) is 8.15. The molecular formula is C28H36ClIN4O2. The number of hydrogen-bond acceptors (Lipinski definition) is 5. The van der Waals surface area contributed by atoms with Gasteiger partial charge < -0.3 is 19.9 Å². The van der Waals surface area contributed by atoms with Gasteiger partial charge in [-0.2, -0.15) is 0 Å². The predicted molar refractivity (Wildman–Crippen MR) is 155 cm³/mol. The molecule has 3 unspecified atom stereocenters. The Hall–Kier alpha value is -2.13. The van der Waals surface area contributed by atoms with Gasteiger partial charge in [0.2, 0.25) is 5.88 Å². The molecule has 3 rings (SSSR count). The quantitative estimate of drug-likeness (QED) is 0.150. The van der Waals surface area contributed by atoms with E-state index in [9.17, 15) is 10.2 Å². The van der Waals surface area contributed by atoms with Crippen LogP contribution in [-0.4, -0.2) is 56.7 Å². The van der Waals surface area contributed by atoms with Crippen LogP contribution in [0.4, 0.5) is 0 Å². The van der Waals surface area contributed by atoms with Crippen molar-refractivity contribution < 1.29 is 9.53 Å². The molecule has 1 aliphatic heterocycles. The first-order valence-corrected chi connectivity index (χ1v) is 13.8. The lowest BCUT2D eigenvalue weighted by Gasteiger charge is -2.48. The SMILES string of the molecule is CC=C(C(=N)C(C)C(CC)Cc1cccc(Cl)c1)N1CCN(C(=O)c2cccc(OC)n2)CC1(C)I. The maximum atomic E-state index is 13.2. The summed E-state index contributed by atoms with van der Waals surface area (Å²) in [6.45, 7) is 10.2. The van der Waals surface area contributed by atoms with E-state index in [-0.39, 0.29) is 15.4 Å². The number of halogens is 2. The Morgan fingerprint density at radius 1 is 1.31 bits per heavy atom. The molecule has 1 aliphatic rings. The molecule has 1 aromatic heterocycles. The highest BCUT2D eigenvalue weighted by molar-refractivity contribution is 14.1. The Balaban J connectivity index is 1.73. The van der Waals surface area contributed by atoms with E-state index < -0.39 is 0 Å². The molecule has 3 atom stereocenters. The Kier molecular flexibility index (Phi) is 9.80. The van der Waals surface area contributed by atoms with Crippen molar-refractivity contribution in [2.45, 2.75) is 44.1 Å². The zero-order valence-corrected chi connectivity index (χ0v) is 24.6. The smallest absolute Gasteiger partial charge is 0.272 e. The highest BCUT2D eigenvalue weighted by atomic mass is 127. The fourth-order valence-electron chi connectivity index (χ4n) is 4.89. The van der Waals surface area contributed by atoms with Crippen LogP contribution in [0.25, 0.3) is 0 Å². The number of aromatic nitrogens is 1. The van der Waals surface area contributed by atoms with Gasteiger partial charge in [0.05, 0.1) is 25.1 Å². The summed E-state index contributed by atoms with van der Waals surface area (Å²) < 4.78 is 4.82. The summed E-state index contributed by atoms with van der Waals surface area (Å²) in [6, 6.07) is 13.3. The molecular weight excluding hydrogens is 587 g/mol. The van der Waals surface area contributed by atoms with Gasteiger partial charge in [-0.1, -0.05) is 78.7 Å². The summed E-state index contributed by atoms with van der Waals surface area (Å²) >= 11 is 8.62. The minimum absolute atomic E-state index is 0.0769. The van der Waals surface area contributed by atoms with Crippen LogP contribution < -0.4 is 4.74 Å². The number of rotatable bonds is 9. The van der Waals surface area contributed by atoms with Gasteiger partial charge in [-0.25, -0.2) is 4.98 Å². The van der Waals surface area contributed by atoms with Crippen LogP contribution in [0, 0.1) is 17.2 Å². The fourth-order valence-corrected chi connectivity index (χ4v) is 6.01. The first-order chi connectivity index (χ1) is 17.1. The number of allylic oxidation sites excluding steroid dienone is 2. The molecule has 1 amide bonds. The number of hydrogen-bond donors (Lipinski definition) is 1. The largest absolute Gasteiger partial charge is 0.481 e. The van der Waals surface area contributed by atoms with E-state index in [1.807, 2.05) is 36.1 Å². The van der Waals surface area contributed by atoms with Crippen molar-refractivity contribution in [2.24, 2.45) is 11.8 Å². The molecule has 0 radical (unpaired) electrons. The normalized spacial score (nSPS) is 20.1. The van der Waals surface area contributed by atoms with Gasteiger partial charge in [-0.15, -0.1) is 0 Å². The van der Waals surface area contributed by atoms with Crippen molar-refractivity contribution in [1.29, 1.82) is 5.41 Å². The number of piperazine rings is 1. The van der Waals surface area contributed by atoms with Crippen LogP contribution in [0.3, 0.4) is 0 Å². The van der Waals surface area contributed by atoms with Crippen molar-refractivity contribution in [1.82, 2.24) is 14.8 Å². The van der Waals surface area contributed by atoms with Crippen LogP contribution in [0.1, 0.15) is 50.2 Å². The van der Waals surface area contributed by atoms with E-state index in [2.05, 4.69) is 59.3 Å². The predicted octanol–water partition coefficient (Wildman–Crippen LogP) is 6.48. The second kappa shape index (κ2) is 12.4. The molecule has 1 N–H and O–H groups in total. The fraction of sp³-hybridized carbons (Fsp3) is 0.464. The van der Waals surface area contributed by atoms with Gasteiger partial charge >= 0.3 is 0 Å². The maximum Gasteiger partial charge on any atom is 0.272 e. The van der Waals surface area contributed by atoms with Gasteiger partial charge in [0.25, 0.3) is 5.91 Å². The van der Waals surface area contributed by atoms with Gasteiger partial charge in [-0.3, -0.25) is 4.79 Å². The van der Waals surface area contributed by atoms with Crippen LogP contribution in [0.5, 0.6) is 5.88 Å². The lowest BCUT2D eigenvalue weighted by Crippen LogP contribution is -2.59. The molecule has 0 spiro atoms. The van der Waals surface area contributed by atoms with Crippen molar-refractivity contribution in [3.8, 4) is 5.88 Å². The van der Waals surface area contributed by atoms with Crippen LogP contribution >= 0.6 is 34.2 Å². The number of methoxy groups -OCH3 is 1. The highest BCUT2D eigenvalue weighted by Gasteiger charge is 2.40. The first kappa shape index (κ1) is 28.4. The summed E-state index contributed by atoms with van der Waals surface area (Å²) in [5.41, 5.74) is 3.17. The van der Waals surface area contributed by atoms with Crippen molar-refractivity contribution in [2.75, 3.05) is 26.7 Å². The summed E-state index contributed by atoms with van der Waals surface area (Å²) in [6.07, 6.45) is 3.91. The summed E-state index contributed by atoms with van der Waals surface area (Å²) in [7, 11) is 1.55. The zero-order chi connectivity index (χ0) is 26.5. The number of alkyl halides is 1. The summed E-state index contributed by atoms with van der Waals surface area (Å²) in [5, 5.41) is 9.92. The van der Waals surface area contributed by atoms with Crippen molar-refractivity contribution in [3.63, 3.8) is 0 Å². The molecule has 2 aromatic rings. The van der Waals surface area contributed by atoms with Crippen LogP contribution in [-0.2, 0) is 6.42 Å².